The average Bonchev–Trinajstić information content (AvgIpc) is 2.71. The summed E-state index contributed by atoms with van der Waals surface area (Å²) in [5.41, 5.74) is 2.09. The number of nitrogens with zero attached hydrogens (tertiary/aromatic N) is 1. The van der Waals surface area contributed by atoms with E-state index in [2.05, 4.69) is 24.0 Å². The van der Waals surface area contributed by atoms with E-state index in [1.807, 2.05) is 12.1 Å². The van der Waals surface area contributed by atoms with Crippen molar-refractivity contribution in [1.82, 2.24) is 4.90 Å². The molecule has 1 saturated heterocycles. The molecular weight excluding hydrogens is 419 g/mol. The molecule has 2 aliphatic rings. The van der Waals surface area contributed by atoms with Gasteiger partial charge in [0, 0.05) is 23.5 Å². The van der Waals surface area contributed by atoms with E-state index in [0.29, 0.717) is 11.8 Å². The van der Waals surface area contributed by atoms with E-state index < -0.39 is 11.7 Å². The third-order valence-corrected chi connectivity index (χ3v) is 7.83. The Morgan fingerprint density at radius 1 is 1.03 bits per heavy atom. The van der Waals surface area contributed by atoms with Crippen LogP contribution in [0, 0.1) is 11.8 Å². The number of piperidine rings is 1. The van der Waals surface area contributed by atoms with E-state index in [9.17, 15) is 13.2 Å². The van der Waals surface area contributed by atoms with Gasteiger partial charge >= 0.3 is 6.18 Å². The molecule has 0 aromatic heterocycles. The molecule has 1 nitrogen and oxygen atoms in total. The van der Waals surface area contributed by atoms with Crippen LogP contribution in [-0.4, -0.2) is 24.5 Å². The SMILES string of the molecule is CC1CCN(CC2(c3ccc(Cl)cc3)CCC2)CC1CCc1ccc(C(F)(F)F)cc1. The second kappa shape index (κ2) is 9.15. The van der Waals surface area contributed by atoms with Gasteiger partial charge in [-0.05, 0) is 85.9 Å². The quantitative estimate of drug-likeness (QED) is 0.445. The summed E-state index contributed by atoms with van der Waals surface area (Å²) in [7, 11) is 0. The first-order valence-corrected chi connectivity index (χ1v) is 11.8. The number of likely N-dealkylation sites (tertiary alicyclic amines) is 1. The van der Waals surface area contributed by atoms with Crippen molar-refractivity contribution in [3.05, 3.63) is 70.2 Å². The van der Waals surface area contributed by atoms with Crippen LogP contribution in [0.15, 0.2) is 48.5 Å². The Morgan fingerprint density at radius 3 is 2.29 bits per heavy atom. The van der Waals surface area contributed by atoms with Gasteiger partial charge in [-0.15, -0.1) is 0 Å². The molecule has 1 saturated carbocycles. The van der Waals surface area contributed by atoms with Crippen molar-refractivity contribution in [2.24, 2.45) is 11.8 Å². The minimum atomic E-state index is -4.27. The molecule has 4 rings (SSSR count). The molecule has 0 radical (unpaired) electrons. The van der Waals surface area contributed by atoms with Gasteiger partial charge < -0.3 is 4.90 Å². The molecule has 2 aromatic carbocycles. The van der Waals surface area contributed by atoms with Gasteiger partial charge in [0.25, 0.3) is 0 Å². The number of halogens is 4. The van der Waals surface area contributed by atoms with Crippen molar-refractivity contribution < 1.29 is 13.2 Å². The summed E-state index contributed by atoms with van der Waals surface area (Å²) in [5.74, 6) is 1.23. The second-order valence-corrected chi connectivity index (χ2v) is 10.1. The Balaban J connectivity index is 1.36. The fourth-order valence-electron chi connectivity index (χ4n) is 5.33. The summed E-state index contributed by atoms with van der Waals surface area (Å²) >= 11 is 6.10. The highest BCUT2D eigenvalue weighted by Gasteiger charge is 2.41. The zero-order valence-corrected chi connectivity index (χ0v) is 18.9. The third kappa shape index (κ3) is 5.28. The van der Waals surface area contributed by atoms with Gasteiger partial charge in [0.15, 0.2) is 0 Å². The number of hydrogen-bond donors (Lipinski definition) is 0. The van der Waals surface area contributed by atoms with Gasteiger partial charge in [-0.1, -0.05) is 49.2 Å². The van der Waals surface area contributed by atoms with Crippen LogP contribution in [0.25, 0.3) is 0 Å². The van der Waals surface area contributed by atoms with E-state index >= 15 is 0 Å². The summed E-state index contributed by atoms with van der Waals surface area (Å²) in [4.78, 5) is 2.63. The molecule has 1 aliphatic heterocycles. The fraction of sp³-hybridized carbons (Fsp3) is 0.538. The van der Waals surface area contributed by atoms with Crippen molar-refractivity contribution in [2.75, 3.05) is 19.6 Å². The zero-order chi connectivity index (χ0) is 22.1. The number of aryl methyl sites for hydroxylation is 1. The predicted octanol–water partition coefficient (Wildman–Crippen LogP) is 7.37. The Morgan fingerprint density at radius 2 is 1.71 bits per heavy atom. The van der Waals surface area contributed by atoms with E-state index in [4.69, 9.17) is 11.6 Å². The number of rotatable bonds is 6. The largest absolute Gasteiger partial charge is 0.416 e. The van der Waals surface area contributed by atoms with E-state index in [0.717, 1.165) is 43.1 Å². The molecule has 1 aliphatic carbocycles. The highest BCUT2D eigenvalue weighted by Crippen LogP contribution is 2.45. The molecule has 1 heterocycles. The fourth-order valence-corrected chi connectivity index (χ4v) is 5.46. The zero-order valence-electron chi connectivity index (χ0n) is 18.1. The summed E-state index contributed by atoms with van der Waals surface area (Å²) < 4.78 is 38.4. The van der Waals surface area contributed by atoms with Crippen LogP contribution in [0.4, 0.5) is 13.2 Å². The van der Waals surface area contributed by atoms with Gasteiger partial charge in [-0.2, -0.15) is 13.2 Å². The van der Waals surface area contributed by atoms with Crippen molar-refractivity contribution in [3.8, 4) is 0 Å². The van der Waals surface area contributed by atoms with Gasteiger partial charge in [-0.25, -0.2) is 0 Å². The van der Waals surface area contributed by atoms with Crippen LogP contribution in [0.1, 0.15) is 55.7 Å². The molecule has 0 spiro atoms. The maximum atomic E-state index is 12.8. The maximum Gasteiger partial charge on any atom is 0.416 e. The van der Waals surface area contributed by atoms with E-state index in [1.165, 1.54) is 43.4 Å². The van der Waals surface area contributed by atoms with E-state index in [1.54, 1.807) is 12.1 Å². The highest BCUT2D eigenvalue weighted by molar-refractivity contribution is 6.30. The molecular formula is C26H31ClF3N. The predicted molar refractivity (Wildman–Crippen MR) is 120 cm³/mol. The highest BCUT2D eigenvalue weighted by atomic mass is 35.5. The van der Waals surface area contributed by atoms with Crippen LogP contribution >= 0.6 is 11.6 Å². The summed E-state index contributed by atoms with van der Waals surface area (Å²) in [6, 6.07) is 14.1. The smallest absolute Gasteiger partial charge is 0.302 e. The molecule has 0 N–H and O–H groups in total. The number of benzene rings is 2. The van der Waals surface area contributed by atoms with Gasteiger partial charge in [0.05, 0.1) is 5.56 Å². The van der Waals surface area contributed by atoms with Crippen LogP contribution in [0.3, 0.4) is 0 Å². The standard InChI is InChI=1S/C26H31ClF3N/c1-19-13-16-31(18-25(14-2-15-25)22-9-11-24(27)12-10-22)17-21(19)6-3-20-4-7-23(8-5-20)26(28,29)30/h4-5,7-12,19,21H,2-3,6,13-18H2,1H3. The Hall–Kier alpha value is -1.52. The molecule has 2 atom stereocenters. The number of hydrogen-bond acceptors (Lipinski definition) is 1. The molecule has 0 amide bonds. The lowest BCUT2D eigenvalue weighted by Gasteiger charge is -2.48. The molecule has 2 unspecified atom stereocenters. The van der Waals surface area contributed by atoms with Crippen LogP contribution < -0.4 is 0 Å². The Kier molecular flexibility index (Phi) is 6.69. The summed E-state index contributed by atoms with van der Waals surface area (Å²) in [6.45, 7) is 5.63. The maximum absolute atomic E-state index is 12.8. The van der Waals surface area contributed by atoms with Crippen LogP contribution in [0.5, 0.6) is 0 Å². The molecule has 5 heteroatoms. The normalized spacial score (nSPS) is 24.0. The van der Waals surface area contributed by atoms with Crippen molar-refractivity contribution in [3.63, 3.8) is 0 Å². The second-order valence-electron chi connectivity index (χ2n) is 9.64. The monoisotopic (exact) mass is 449 g/mol. The van der Waals surface area contributed by atoms with Gasteiger partial charge in [0.1, 0.15) is 0 Å². The van der Waals surface area contributed by atoms with Gasteiger partial charge in [-0.3, -0.25) is 0 Å². The molecule has 168 valence electrons. The summed E-state index contributed by atoms with van der Waals surface area (Å²) in [6.07, 6.45) is 2.53. The van der Waals surface area contributed by atoms with Crippen molar-refractivity contribution >= 4 is 11.6 Å². The average molecular weight is 450 g/mol. The van der Waals surface area contributed by atoms with E-state index in [-0.39, 0.29) is 5.41 Å². The topological polar surface area (TPSA) is 3.24 Å². The first kappa shape index (κ1) is 22.7. The molecule has 0 bridgehead atoms. The minimum absolute atomic E-state index is 0.253. The van der Waals surface area contributed by atoms with Crippen molar-refractivity contribution in [2.45, 2.75) is 57.0 Å². The minimum Gasteiger partial charge on any atom is -0.302 e. The molecule has 2 aromatic rings. The Labute approximate surface area is 188 Å². The lowest BCUT2D eigenvalue weighted by molar-refractivity contribution is -0.137. The summed E-state index contributed by atoms with van der Waals surface area (Å²) in [5, 5.41) is 0.786. The first-order valence-electron chi connectivity index (χ1n) is 11.4. The number of alkyl halides is 3. The van der Waals surface area contributed by atoms with Crippen LogP contribution in [0.2, 0.25) is 5.02 Å². The Bertz CT molecular complexity index is 856. The first-order chi connectivity index (χ1) is 14.7. The van der Waals surface area contributed by atoms with Gasteiger partial charge in [0.2, 0.25) is 0 Å². The van der Waals surface area contributed by atoms with Crippen LogP contribution in [-0.2, 0) is 18.0 Å². The lowest BCUT2D eigenvalue weighted by Crippen LogP contribution is -2.50. The lowest BCUT2D eigenvalue weighted by atomic mass is 9.64. The third-order valence-electron chi connectivity index (χ3n) is 7.58. The molecule has 2 fully saturated rings. The van der Waals surface area contributed by atoms with Crippen molar-refractivity contribution in [1.29, 1.82) is 0 Å². The molecule has 31 heavy (non-hydrogen) atoms.